The van der Waals surface area contributed by atoms with Crippen molar-refractivity contribution in [1.29, 1.82) is 0 Å². The molecule has 0 aliphatic rings. The Bertz CT molecular complexity index is 23.6. The maximum atomic E-state index is 2.21. The van der Waals surface area contributed by atoms with Crippen LogP contribution in [-0.2, 0) is 19.5 Å². The molecule has 0 aliphatic carbocycles. The fourth-order valence-electron chi connectivity index (χ4n) is 0.526. The zero-order valence-electron chi connectivity index (χ0n) is 5.98. The average molecular weight is 164 g/mol. The van der Waals surface area contributed by atoms with Crippen LogP contribution in [0.15, 0.2) is 0 Å². The van der Waals surface area contributed by atoms with Crippen molar-refractivity contribution in [3.05, 3.63) is 12.8 Å². The summed E-state index contributed by atoms with van der Waals surface area (Å²) in [7, 11) is 0. The van der Waals surface area contributed by atoms with Crippen molar-refractivity contribution in [2.45, 2.75) is 33.1 Å². The Labute approximate surface area is 65.8 Å². The Morgan fingerprint density at radius 2 is 1.38 bits per heavy atom. The molecule has 0 atom stereocenters. The molecular weight excluding hydrogens is 149 g/mol. The molecule has 0 aromatic heterocycles. The SMILES string of the molecule is C[CH-]CCC[CH-]C.[Zn+2]. The van der Waals surface area contributed by atoms with Gasteiger partial charge in [-0.3, -0.25) is 0 Å². The van der Waals surface area contributed by atoms with Crippen LogP contribution in [-0.4, -0.2) is 0 Å². The molecule has 0 N–H and O–H groups in total. The van der Waals surface area contributed by atoms with Crippen LogP contribution in [0.1, 0.15) is 33.1 Å². The number of rotatable bonds is 4. The second kappa shape index (κ2) is 10.6. The van der Waals surface area contributed by atoms with Gasteiger partial charge in [0, 0.05) is 0 Å². The van der Waals surface area contributed by atoms with Crippen LogP contribution >= 0.6 is 0 Å². The molecule has 0 bridgehead atoms. The number of unbranched alkanes of at least 4 members (excludes halogenated alkanes) is 4. The first-order chi connectivity index (χ1) is 3.41. The standard InChI is InChI=1S/C7H14.Zn/c1-3-5-7-6-4-2;/h3-4H,5-7H2,1-2H3;/q-2;+2. The second-order valence-electron chi connectivity index (χ2n) is 1.75. The van der Waals surface area contributed by atoms with Crippen molar-refractivity contribution >= 4 is 0 Å². The molecule has 0 aromatic carbocycles. The van der Waals surface area contributed by atoms with Crippen molar-refractivity contribution in [3.63, 3.8) is 0 Å². The van der Waals surface area contributed by atoms with E-state index in [2.05, 4.69) is 26.7 Å². The second-order valence-corrected chi connectivity index (χ2v) is 1.75. The Balaban J connectivity index is 0. The minimum atomic E-state index is 0. The maximum Gasteiger partial charge on any atom is 2.00 e. The summed E-state index contributed by atoms with van der Waals surface area (Å²) in [5.41, 5.74) is 0. The minimum Gasteiger partial charge on any atom is -0.332 e. The van der Waals surface area contributed by atoms with Crippen molar-refractivity contribution in [2.24, 2.45) is 0 Å². The number of hydrogen-bond donors (Lipinski definition) is 0. The van der Waals surface area contributed by atoms with E-state index >= 15 is 0 Å². The summed E-state index contributed by atoms with van der Waals surface area (Å²) in [6, 6.07) is 0. The molecule has 0 aliphatic heterocycles. The quantitative estimate of drug-likeness (QED) is 0.340. The van der Waals surface area contributed by atoms with Crippen molar-refractivity contribution in [3.8, 4) is 0 Å². The predicted molar refractivity (Wildman–Crippen MR) is 33.8 cm³/mol. The average Bonchev–Trinajstić information content (AvgIpc) is 1.69. The van der Waals surface area contributed by atoms with Gasteiger partial charge in [-0.25, -0.2) is 0 Å². The van der Waals surface area contributed by atoms with Gasteiger partial charge in [-0.1, -0.05) is 0 Å². The van der Waals surface area contributed by atoms with Gasteiger partial charge in [-0.2, -0.15) is 26.7 Å². The zero-order valence-corrected chi connectivity index (χ0v) is 8.95. The molecule has 0 rings (SSSR count). The van der Waals surface area contributed by atoms with Crippen LogP contribution in [0, 0.1) is 12.8 Å². The van der Waals surface area contributed by atoms with Gasteiger partial charge in [0.15, 0.2) is 0 Å². The van der Waals surface area contributed by atoms with Crippen molar-refractivity contribution in [1.82, 2.24) is 0 Å². The molecule has 1 heteroatoms. The summed E-state index contributed by atoms with van der Waals surface area (Å²) in [5, 5.41) is 0. The zero-order chi connectivity index (χ0) is 5.54. The van der Waals surface area contributed by atoms with Gasteiger partial charge in [-0.05, 0) is 0 Å². The molecule has 0 amide bonds. The van der Waals surface area contributed by atoms with Crippen molar-refractivity contribution < 1.29 is 19.5 Å². The first-order valence-corrected chi connectivity index (χ1v) is 2.97. The smallest absolute Gasteiger partial charge is 0.332 e. The first-order valence-electron chi connectivity index (χ1n) is 2.97. The molecule has 0 aromatic rings. The van der Waals surface area contributed by atoms with Gasteiger partial charge in [-0.15, -0.1) is 6.42 Å². The molecule has 44 valence electrons. The summed E-state index contributed by atoms with van der Waals surface area (Å²) in [6.45, 7) is 4.21. The van der Waals surface area contributed by atoms with E-state index < -0.39 is 0 Å². The first kappa shape index (κ1) is 11.4. The van der Waals surface area contributed by atoms with Crippen molar-refractivity contribution in [2.75, 3.05) is 0 Å². The van der Waals surface area contributed by atoms with E-state index in [0.29, 0.717) is 0 Å². The monoisotopic (exact) mass is 162 g/mol. The van der Waals surface area contributed by atoms with E-state index in [1.165, 1.54) is 19.3 Å². The van der Waals surface area contributed by atoms with Gasteiger partial charge in [0.25, 0.3) is 0 Å². The molecule has 0 fully saturated rings. The summed E-state index contributed by atoms with van der Waals surface area (Å²) in [6.07, 6.45) is 8.29. The minimum absolute atomic E-state index is 0. The Kier molecular flexibility index (Phi) is 15.1. The normalized spacial score (nSPS) is 8.25. The predicted octanol–water partition coefficient (Wildman–Crippen LogP) is 2.60. The topological polar surface area (TPSA) is 0 Å². The van der Waals surface area contributed by atoms with Crippen LogP contribution in [0.4, 0.5) is 0 Å². The van der Waals surface area contributed by atoms with E-state index in [-0.39, 0.29) is 19.5 Å². The third-order valence-corrected chi connectivity index (χ3v) is 0.986. The fraction of sp³-hybridized carbons (Fsp3) is 0.714. The molecule has 0 saturated heterocycles. The van der Waals surface area contributed by atoms with E-state index in [9.17, 15) is 0 Å². The van der Waals surface area contributed by atoms with Crippen LogP contribution < -0.4 is 0 Å². The Morgan fingerprint density at radius 1 is 1.00 bits per heavy atom. The van der Waals surface area contributed by atoms with Gasteiger partial charge in [0.2, 0.25) is 0 Å². The molecule has 8 heavy (non-hydrogen) atoms. The van der Waals surface area contributed by atoms with E-state index in [1.54, 1.807) is 0 Å². The van der Waals surface area contributed by atoms with Gasteiger partial charge in [0.1, 0.15) is 0 Å². The summed E-state index contributed by atoms with van der Waals surface area (Å²) in [4.78, 5) is 0. The van der Waals surface area contributed by atoms with E-state index in [1.807, 2.05) is 0 Å². The summed E-state index contributed by atoms with van der Waals surface area (Å²) < 4.78 is 0. The van der Waals surface area contributed by atoms with E-state index in [4.69, 9.17) is 0 Å². The third-order valence-electron chi connectivity index (χ3n) is 0.986. The molecular formula is C7H14Zn. The molecule has 0 radical (unpaired) electrons. The maximum absolute atomic E-state index is 2.21. The van der Waals surface area contributed by atoms with Crippen LogP contribution in [0.3, 0.4) is 0 Å². The largest absolute Gasteiger partial charge is 2.00 e. The van der Waals surface area contributed by atoms with Crippen LogP contribution in [0.2, 0.25) is 0 Å². The Morgan fingerprint density at radius 3 is 1.62 bits per heavy atom. The van der Waals surface area contributed by atoms with Crippen LogP contribution in [0.25, 0.3) is 0 Å². The summed E-state index contributed by atoms with van der Waals surface area (Å²) >= 11 is 0. The van der Waals surface area contributed by atoms with Gasteiger partial charge in [0.05, 0.1) is 0 Å². The van der Waals surface area contributed by atoms with Crippen LogP contribution in [0.5, 0.6) is 0 Å². The van der Waals surface area contributed by atoms with Gasteiger partial charge < -0.3 is 12.8 Å². The fourth-order valence-corrected chi connectivity index (χ4v) is 0.526. The Hall–Kier alpha value is 0.623. The third kappa shape index (κ3) is 9.80. The molecule has 0 unspecified atom stereocenters. The molecule has 0 spiro atoms. The van der Waals surface area contributed by atoms with E-state index in [0.717, 1.165) is 0 Å². The van der Waals surface area contributed by atoms with Gasteiger partial charge >= 0.3 is 19.5 Å². The molecule has 0 nitrogen and oxygen atoms in total. The molecule has 0 heterocycles. The summed E-state index contributed by atoms with van der Waals surface area (Å²) in [5.74, 6) is 0. The number of hydrogen-bond acceptors (Lipinski definition) is 0. The molecule has 0 saturated carbocycles.